The molecular weight excluding hydrogens is 286 g/mol. The zero-order valence-electron chi connectivity index (χ0n) is 9.90. The molecule has 90 valence electrons. The Bertz CT molecular complexity index is 408. The molecule has 0 amide bonds. The second-order valence-corrected chi connectivity index (χ2v) is 6.28. The fourth-order valence-electron chi connectivity index (χ4n) is 1.49. The first-order valence-corrected chi connectivity index (χ1v) is 6.74. The van der Waals surface area contributed by atoms with Crippen molar-refractivity contribution in [2.24, 2.45) is 11.3 Å². The summed E-state index contributed by atoms with van der Waals surface area (Å²) in [6.45, 7) is 7.25. The third-order valence-electron chi connectivity index (χ3n) is 2.84. The molecule has 0 spiro atoms. The Kier molecular flexibility index (Phi) is 4.68. The normalized spacial score (nSPS) is 13.8. The molecule has 1 rings (SSSR count). The average Bonchev–Trinajstić information content (AvgIpc) is 2.18. The van der Waals surface area contributed by atoms with Crippen LogP contribution in [0.1, 0.15) is 20.8 Å². The fourth-order valence-corrected chi connectivity index (χ4v) is 2.54. The number of thiol groups is 1. The molecule has 0 aliphatic carbocycles. The van der Waals surface area contributed by atoms with Crippen molar-refractivity contribution in [2.75, 3.05) is 5.75 Å². The van der Waals surface area contributed by atoms with Crippen molar-refractivity contribution in [1.29, 1.82) is 0 Å². The zero-order chi connectivity index (χ0) is 12.3. The quantitative estimate of drug-likeness (QED) is 0.851. The zero-order valence-corrected chi connectivity index (χ0v) is 12.4. The molecule has 4 heteroatoms. The van der Waals surface area contributed by atoms with Crippen LogP contribution in [0.5, 0.6) is 0 Å². The summed E-state index contributed by atoms with van der Waals surface area (Å²) in [6.07, 6.45) is 1.83. The van der Waals surface area contributed by atoms with E-state index < -0.39 is 0 Å². The van der Waals surface area contributed by atoms with Crippen molar-refractivity contribution >= 4 is 28.6 Å². The number of hydrogen-bond donors (Lipinski definition) is 1. The number of aromatic nitrogens is 1. The maximum Gasteiger partial charge on any atom is 0.264 e. The lowest BCUT2D eigenvalue weighted by Gasteiger charge is -2.29. The predicted molar refractivity (Wildman–Crippen MR) is 75.2 cm³/mol. The van der Waals surface area contributed by atoms with Gasteiger partial charge >= 0.3 is 0 Å². The van der Waals surface area contributed by atoms with Crippen LogP contribution in [0.4, 0.5) is 0 Å². The largest absolute Gasteiger partial charge is 0.314 e. The van der Waals surface area contributed by atoms with Gasteiger partial charge in [0.25, 0.3) is 5.56 Å². The van der Waals surface area contributed by atoms with Crippen LogP contribution >= 0.6 is 28.6 Å². The van der Waals surface area contributed by atoms with E-state index in [-0.39, 0.29) is 11.0 Å². The summed E-state index contributed by atoms with van der Waals surface area (Å²) in [6, 6.07) is 3.65. The lowest BCUT2D eigenvalue weighted by molar-refractivity contribution is 0.236. The summed E-state index contributed by atoms with van der Waals surface area (Å²) in [5, 5.41) is 0. The van der Waals surface area contributed by atoms with Crippen molar-refractivity contribution in [3.8, 4) is 0 Å². The van der Waals surface area contributed by atoms with E-state index in [0.717, 1.165) is 5.75 Å². The van der Waals surface area contributed by atoms with Crippen LogP contribution in [-0.4, -0.2) is 10.3 Å². The fraction of sp³-hybridized carbons (Fsp3) is 0.583. The molecule has 1 heterocycles. The van der Waals surface area contributed by atoms with E-state index in [1.807, 2.05) is 12.3 Å². The first-order chi connectivity index (χ1) is 7.36. The molecule has 0 aromatic carbocycles. The summed E-state index contributed by atoms with van der Waals surface area (Å²) in [4.78, 5) is 11.8. The van der Waals surface area contributed by atoms with Gasteiger partial charge in [-0.15, -0.1) is 0 Å². The maximum atomic E-state index is 11.8. The Balaban J connectivity index is 2.96. The van der Waals surface area contributed by atoms with Gasteiger partial charge in [-0.2, -0.15) is 12.6 Å². The van der Waals surface area contributed by atoms with Gasteiger partial charge in [0.2, 0.25) is 0 Å². The van der Waals surface area contributed by atoms with E-state index in [2.05, 4.69) is 49.3 Å². The molecule has 2 nitrogen and oxygen atoms in total. The highest BCUT2D eigenvalue weighted by molar-refractivity contribution is 9.10. The number of halogens is 1. The van der Waals surface area contributed by atoms with Gasteiger partial charge in [-0.05, 0) is 45.1 Å². The molecule has 0 saturated carbocycles. The van der Waals surface area contributed by atoms with Gasteiger partial charge in [0.05, 0.1) is 4.47 Å². The van der Waals surface area contributed by atoms with Crippen LogP contribution in [0.25, 0.3) is 0 Å². The number of nitrogens with zero attached hydrogens (tertiary/aromatic N) is 1. The van der Waals surface area contributed by atoms with Crippen molar-refractivity contribution in [3.05, 3.63) is 33.2 Å². The molecule has 1 unspecified atom stereocenters. The lowest BCUT2D eigenvalue weighted by atomic mass is 9.82. The van der Waals surface area contributed by atoms with Crippen LogP contribution < -0.4 is 5.56 Å². The molecule has 0 bridgehead atoms. The summed E-state index contributed by atoms with van der Waals surface area (Å²) in [5.41, 5.74) is 0.183. The van der Waals surface area contributed by atoms with Crippen molar-refractivity contribution in [3.63, 3.8) is 0 Å². The van der Waals surface area contributed by atoms with Crippen LogP contribution in [-0.2, 0) is 6.54 Å². The molecule has 0 aliphatic rings. The van der Waals surface area contributed by atoms with Crippen molar-refractivity contribution in [1.82, 2.24) is 4.57 Å². The van der Waals surface area contributed by atoms with E-state index in [1.54, 1.807) is 10.6 Å². The van der Waals surface area contributed by atoms with E-state index in [1.165, 1.54) is 0 Å². The predicted octanol–water partition coefficient (Wildman–Crippen LogP) is 3.20. The molecule has 0 aliphatic heterocycles. The highest BCUT2D eigenvalue weighted by Crippen LogP contribution is 2.27. The summed E-state index contributed by atoms with van der Waals surface area (Å²) in [7, 11) is 0. The number of pyridine rings is 1. The average molecular weight is 304 g/mol. The molecular formula is C12H18BrNOS. The number of hydrogen-bond acceptors (Lipinski definition) is 2. The van der Waals surface area contributed by atoms with E-state index in [4.69, 9.17) is 0 Å². The van der Waals surface area contributed by atoms with Crippen LogP contribution in [0.2, 0.25) is 0 Å². The SMILES string of the molecule is CC(C)(C)C(CS)Cn1cccc(Br)c1=O. The van der Waals surface area contributed by atoms with Crippen LogP contribution in [0, 0.1) is 11.3 Å². The smallest absolute Gasteiger partial charge is 0.264 e. The minimum atomic E-state index is 0.0264. The molecule has 16 heavy (non-hydrogen) atoms. The summed E-state index contributed by atoms with van der Waals surface area (Å²) in [5.74, 6) is 1.16. The van der Waals surface area contributed by atoms with Gasteiger partial charge < -0.3 is 4.57 Å². The standard InChI is InChI=1S/C12H18BrNOS/c1-12(2,3)9(8-16)7-14-6-4-5-10(13)11(14)15/h4-6,9,16H,7-8H2,1-3H3. The molecule has 0 saturated heterocycles. The monoisotopic (exact) mass is 303 g/mol. The second-order valence-electron chi connectivity index (χ2n) is 5.06. The lowest BCUT2D eigenvalue weighted by Crippen LogP contribution is -2.31. The number of rotatable bonds is 3. The Morgan fingerprint density at radius 1 is 1.50 bits per heavy atom. The van der Waals surface area contributed by atoms with Gasteiger partial charge in [0.15, 0.2) is 0 Å². The molecule has 1 atom stereocenters. The Hall–Kier alpha value is -0.220. The molecule has 0 N–H and O–H groups in total. The summed E-state index contributed by atoms with van der Waals surface area (Å²) < 4.78 is 2.36. The molecule has 1 aromatic rings. The Morgan fingerprint density at radius 2 is 2.12 bits per heavy atom. The third kappa shape index (κ3) is 3.39. The Labute approximate surface area is 111 Å². The van der Waals surface area contributed by atoms with Gasteiger partial charge in [-0.3, -0.25) is 4.79 Å². The third-order valence-corrected chi connectivity index (χ3v) is 3.88. The van der Waals surface area contributed by atoms with Gasteiger partial charge in [0, 0.05) is 12.7 Å². The van der Waals surface area contributed by atoms with Crippen molar-refractivity contribution in [2.45, 2.75) is 27.3 Å². The van der Waals surface area contributed by atoms with Crippen LogP contribution in [0.15, 0.2) is 27.6 Å². The Morgan fingerprint density at radius 3 is 2.62 bits per heavy atom. The first-order valence-electron chi connectivity index (χ1n) is 5.32. The van der Waals surface area contributed by atoms with E-state index >= 15 is 0 Å². The summed E-state index contributed by atoms with van der Waals surface area (Å²) >= 11 is 7.63. The van der Waals surface area contributed by atoms with Crippen LogP contribution in [0.3, 0.4) is 0 Å². The molecule has 1 aromatic heterocycles. The van der Waals surface area contributed by atoms with Crippen molar-refractivity contribution < 1.29 is 0 Å². The molecule has 0 radical (unpaired) electrons. The topological polar surface area (TPSA) is 22.0 Å². The maximum absolute atomic E-state index is 11.8. The van der Waals surface area contributed by atoms with Gasteiger partial charge in [0.1, 0.15) is 0 Å². The minimum Gasteiger partial charge on any atom is -0.314 e. The highest BCUT2D eigenvalue weighted by atomic mass is 79.9. The van der Waals surface area contributed by atoms with Gasteiger partial charge in [-0.1, -0.05) is 20.8 Å². The minimum absolute atomic E-state index is 0.0264. The van der Waals surface area contributed by atoms with Gasteiger partial charge in [-0.25, -0.2) is 0 Å². The molecule has 0 fully saturated rings. The highest BCUT2D eigenvalue weighted by Gasteiger charge is 2.23. The van der Waals surface area contributed by atoms with E-state index in [9.17, 15) is 4.79 Å². The second kappa shape index (κ2) is 5.41. The first kappa shape index (κ1) is 13.8. The van der Waals surface area contributed by atoms with E-state index in [0.29, 0.717) is 16.9 Å².